The lowest BCUT2D eigenvalue weighted by Crippen LogP contribution is -2.38. The number of carboxylic acid groups (broad SMARTS) is 1. The minimum absolute atomic E-state index is 0.201. The summed E-state index contributed by atoms with van der Waals surface area (Å²) in [4.78, 5) is 24.5. The summed E-state index contributed by atoms with van der Waals surface area (Å²) in [7, 11) is 1.78. The van der Waals surface area contributed by atoms with Crippen molar-refractivity contribution in [3.63, 3.8) is 0 Å². The normalized spacial score (nSPS) is 14.7. The number of hydrogen-bond donors (Lipinski definition) is 2. The first-order valence-corrected chi connectivity index (χ1v) is 7.05. The standard InChI is InChI=1S/C15H20N2O4/c1-17(11-6-2-3-7-11)15(20)16-12-8-4-5-9-13(12)21-10-14(18)19/h4-5,8-9,11H,2-3,6-7,10H2,1H3,(H,16,20)(H,18,19). The van der Waals surface area contributed by atoms with Crippen LogP contribution in [0.15, 0.2) is 24.3 Å². The highest BCUT2D eigenvalue weighted by Crippen LogP contribution is 2.26. The molecule has 0 spiro atoms. The average molecular weight is 292 g/mol. The number of benzene rings is 1. The van der Waals surface area contributed by atoms with Gasteiger partial charge in [-0.15, -0.1) is 0 Å². The molecular weight excluding hydrogens is 272 g/mol. The number of carbonyl (C=O) groups is 2. The zero-order valence-electron chi connectivity index (χ0n) is 12.0. The maximum Gasteiger partial charge on any atom is 0.341 e. The number of nitrogens with zero attached hydrogens (tertiary/aromatic N) is 1. The second-order valence-electron chi connectivity index (χ2n) is 5.16. The van der Waals surface area contributed by atoms with E-state index in [-0.39, 0.29) is 12.1 Å². The molecule has 0 aromatic heterocycles. The van der Waals surface area contributed by atoms with Crippen LogP contribution < -0.4 is 10.1 Å². The molecule has 0 saturated heterocycles. The fourth-order valence-corrected chi connectivity index (χ4v) is 2.50. The third-order valence-corrected chi connectivity index (χ3v) is 3.67. The van der Waals surface area contributed by atoms with Crippen molar-refractivity contribution < 1.29 is 19.4 Å². The van der Waals surface area contributed by atoms with Gasteiger partial charge in [0.2, 0.25) is 0 Å². The highest BCUT2D eigenvalue weighted by molar-refractivity contribution is 5.91. The third-order valence-electron chi connectivity index (χ3n) is 3.67. The molecule has 1 saturated carbocycles. The summed E-state index contributed by atoms with van der Waals surface area (Å²) >= 11 is 0. The molecule has 0 radical (unpaired) electrons. The number of aliphatic carboxylic acids is 1. The molecule has 0 atom stereocenters. The van der Waals surface area contributed by atoms with E-state index in [2.05, 4.69) is 5.32 Å². The molecule has 1 aromatic rings. The van der Waals surface area contributed by atoms with Crippen molar-refractivity contribution in [3.8, 4) is 5.75 Å². The van der Waals surface area contributed by atoms with Crippen molar-refractivity contribution >= 4 is 17.7 Å². The molecule has 1 fully saturated rings. The Kier molecular flexibility index (Phi) is 5.03. The van der Waals surface area contributed by atoms with Gasteiger partial charge in [-0.3, -0.25) is 0 Å². The van der Waals surface area contributed by atoms with E-state index in [4.69, 9.17) is 9.84 Å². The Morgan fingerprint density at radius 1 is 1.33 bits per heavy atom. The molecule has 2 rings (SSSR count). The number of amides is 2. The Labute approximate surface area is 123 Å². The maximum absolute atomic E-state index is 12.2. The van der Waals surface area contributed by atoms with Crippen molar-refractivity contribution in [1.82, 2.24) is 4.90 Å². The van der Waals surface area contributed by atoms with Crippen molar-refractivity contribution in [2.45, 2.75) is 31.7 Å². The largest absolute Gasteiger partial charge is 0.480 e. The first-order chi connectivity index (χ1) is 10.1. The van der Waals surface area contributed by atoms with E-state index in [0.29, 0.717) is 11.4 Å². The van der Waals surface area contributed by atoms with E-state index in [1.807, 2.05) is 0 Å². The fourth-order valence-electron chi connectivity index (χ4n) is 2.50. The van der Waals surface area contributed by atoms with Crippen LogP contribution in [0.1, 0.15) is 25.7 Å². The number of carboxylic acids is 1. The van der Waals surface area contributed by atoms with Crippen LogP contribution in [-0.2, 0) is 4.79 Å². The van der Waals surface area contributed by atoms with Crippen LogP contribution in [-0.4, -0.2) is 41.7 Å². The highest BCUT2D eigenvalue weighted by atomic mass is 16.5. The first-order valence-electron chi connectivity index (χ1n) is 7.05. The van der Waals surface area contributed by atoms with Gasteiger partial charge in [0.15, 0.2) is 6.61 Å². The second-order valence-corrected chi connectivity index (χ2v) is 5.16. The Bertz CT molecular complexity index is 512. The van der Waals surface area contributed by atoms with Crippen LogP contribution in [0.5, 0.6) is 5.75 Å². The zero-order valence-corrected chi connectivity index (χ0v) is 12.0. The molecular formula is C15H20N2O4. The molecule has 2 amide bonds. The number of carbonyl (C=O) groups excluding carboxylic acids is 1. The zero-order chi connectivity index (χ0) is 15.2. The van der Waals surface area contributed by atoms with E-state index in [0.717, 1.165) is 25.7 Å². The highest BCUT2D eigenvalue weighted by Gasteiger charge is 2.23. The van der Waals surface area contributed by atoms with Crippen molar-refractivity contribution in [1.29, 1.82) is 0 Å². The molecule has 114 valence electrons. The number of rotatable bonds is 5. The number of para-hydroxylation sites is 2. The monoisotopic (exact) mass is 292 g/mol. The van der Waals surface area contributed by atoms with Crippen LogP contribution in [0.2, 0.25) is 0 Å². The number of urea groups is 1. The van der Waals surface area contributed by atoms with Crippen molar-refractivity contribution in [2.75, 3.05) is 19.0 Å². The molecule has 6 heteroatoms. The molecule has 1 aromatic carbocycles. The number of nitrogens with one attached hydrogen (secondary N) is 1. The van der Waals surface area contributed by atoms with Gasteiger partial charge in [-0.1, -0.05) is 25.0 Å². The lowest BCUT2D eigenvalue weighted by atomic mass is 10.2. The predicted octanol–water partition coefficient (Wildman–Crippen LogP) is 2.56. The average Bonchev–Trinajstić information content (AvgIpc) is 2.99. The summed E-state index contributed by atoms with van der Waals surface area (Å²) in [6, 6.07) is 6.89. The van der Waals surface area contributed by atoms with E-state index >= 15 is 0 Å². The summed E-state index contributed by atoms with van der Waals surface area (Å²) < 4.78 is 5.17. The molecule has 1 aliphatic rings. The molecule has 2 N–H and O–H groups in total. The fraction of sp³-hybridized carbons (Fsp3) is 0.467. The van der Waals surface area contributed by atoms with E-state index < -0.39 is 12.6 Å². The van der Waals surface area contributed by atoms with Crippen LogP contribution in [0.25, 0.3) is 0 Å². The predicted molar refractivity (Wildman–Crippen MR) is 78.6 cm³/mol. The lowest BCUT2D eigenvalue weighted by molar-refractivity contribution is -0.139. The first kappa shape index (κ1) is 15.2. The Morgan fingerprint density at radius 3 is 2.67 bits per heavy atom. The molecule has 21 heavy (non-hydrogen) atoms. The van der Waals surface area contributed by atoms with Crippen molar-refractivity contribution in [3.05, 3.63) is 24.3 Å². The molecule has 0 unspecified atom stereocenters. The van der Waals surface area contributed by atoms with Gasteiger partial charge in [0.25, 0.3) is 0 Å². The van der Waals surface area contributed by atoms with Gasteiger partial charge in [-0.25, -0.2) is 9.59 Å². The van der Waals surface area contributed by atoms with E-state index in [9.17, 15) is 9.59 Å². The second kappa shape index (κ2) is 6.97. The minimum Gasteiger partial charge on any atom is -0.480 e. The molecule has 6 nitrogen and oxygen atoms in total. The molecule has 0 heterocycles. The third kappa shape index (κ3) is 4.11. The minimum atomic E-state index is -1.06. The Hall–Kier alpha value is -2.24. The van der Waals surface area contributed by atoms with E-state index in [1.54, 1.807) is 36.2 Å². The Balaban J connectivity index is 2.00. The summed E-state index contributed by atoms with van der Waals surface area (Å²) in [6.07, 6.45) is 4.36. The van der Waals surface area contributed by atoms with Gasteiger partial charge in [0, 0.05) is 13.1 Å². The quantitative estimate of drug-likeness (QED) is 0.874. The van der Waals surface area contributed by atoms with Crippen LogP contribution >= 0.6 is 0 Å². The number of ether oxygens (including phenoxy) is 1. The summed E-state index contributed by atoms with van der Waals surface area (Å²) in [5.74, 6) is -0.702. The molecule has 0 bridgehead atoms. The van der Waals surface area contributed by atoms with Gasteiger partial charge in [-0.05, 0) is 25.0 Å². The SMILES string of the molecule is CN(C(=O)Nc1ccccc1OCC(=O)O)C1CCCC1. The van der Waals surface area contributed by atoms with Gasteiger partial charge >= 0.3 is 12.0 Å². The van der Waals surface area contributed by atoms with Crippen LogP contribution in [0, 0.1) is 0 Å². The topological polar surface area (TPSA) is 78.9 Å². The van der Waals surface area contributed by atoms with E-state index in [1.165, 1.54) is 0 Å². The Morgan fingerprint density at radius 2 is 2.00 bits per heavy atom. The van der Waals surface area contributed by atoms with Crippen LogP contribution in [0.4, 0.5) is 10.5 Å². The van der Waals surface area contributed by atoms with Gasteiger partial charge < -0.3 is 20.1 Å². The smallest absolute Gasteiger partial charge is 0.341 e. The summed E-state index contributed by atoms with van der Waals surface area (Å²) in [6.45, 7) is -0.439. The summed E-state index contributed by atoms with van der Waals surface area (Å²) in [5.41, 5.74) is 0.480. The maximum atomic E-state index is 12.2. The van der Waals surface area contributed by atoms with Gasteiger partial charge in [0.1, 0.15) is 5.75 Å². The molecule has 0 aliphatic heterocycles. The van der Waals surface area contributed by atoms with Gasteiger partial charge in [0.05, 0.1) is 5.69 Å². The summed E-state index contributed by atoms with van der Waals surface area (Å²) in [5, 5.41) is 11.4. The van der Waals surface area contributed by atoms with Crippen LogP contribution in [0.3, 0.4) is 0 Å². The lowest BCUT2D eigenvalue weighted by Gasteiger charge is -2.25. The molecule has 1 aliphatic carbocycles. The van der Waals surface area contributed by atoms with Crippen molar-refractivity contribution in [2.24, 2.45) is 0 Å². The number of anilines is 1. The number of hydrogen-bond acceptors (Lipinski definition) is 3. The van der Waals surface area contributed by atoms with Gasteiger partial charge in [-0.2, -0.15) is 0 Å².